The van der Waals surface area contributed by atoms with Gasteiger partial charge in [0.15, 0.2) is 0 Å². The van der Waals surface area contributed by atoms with Crippen LogP contribution in [0.2, 0.25) is 0 Å². The zero-order valence-corrected chi connectivity index (χ0v) is 9.76. The van der Waals surface area contributed by atoms with E-state index < -0.39 is 0 Å². The predicted octanol–water partition coefficient (Wildman–Crippen LogP) is 3.18. The Morgan fingerprint density at radius 2 is 2.07 bits per heavy atom. The Morgan fingerprint density at radius 3 is 2.80 bits per heavy atom. The van der Waals surface area contributed by atoms with Crippen molar-refractivity contribution in [1.29, 1.82) is 0 Å². The van der Waals surface area contributed by atoms with E-state index in [4.69, 9.17) is 4.74 Å². The van der Waals surface area contributed by atoms with E-state index in [1.165, 1.54) is 5.56 Å². The van der Waals surface area contributed by atoms with Crippen LogP contribution in [0.4, 0.5) is 5.69 Å². The maximum absolute atomic E-state index is 5.84. The first kappa shape index (κ1) is 10.3. The lowest BCUT2D eigenvalue weighted by Gasteiger charge is -2.23. The highest BCUT2D eigenvalue weighted by Crippen LogP contribution is 2.37. The number of hydrogen-bond acceptors (Lipinski definition) is 2. The Balaban J connectivity index is 2.48. The summed E-state index contributed by atoms with van der Waals surface area (Å²) in [5.74, 6) is 1.04. The first-order chi connectivity index (χ1) is 7.09. The SMILES string of the molecule is CC(C)(C)c1cccc2c1OCCCN2. The number of fused-ring (bicyclic) bond motifs is 1. The standard InChI is InChI=1S/C13H19NO/c1-13(2,3)10-6-4-7-11-12(10)15-9-5-8-14-11/h4,6-7,14H,5,8-9H2,1-3H3. The summed E-state index contributed by atoms with van der Waals surface area (Å²) in [4.78, 5) is 0. The van der Waals surface area contributed by atoms with E-state index in [9.17, 15) is 0 Å². The quantitative estimate of drug-likeness (QED) is 0.702. The lowest BCUT2D eigenvalue weighted by molar-refractivity contribution is 0.314. The summed E-state index contributed by atoms with van der Waals surface area (Å²) in [5, 5.41) is 3.41. The van der Waals surface area contributed by atoms with Crippen LogP contribution < -0.4 is 10.1 Å². The van der Waals surface area contributed by atoms with Crippen LogP contribution in [0.15, 0.2) is 18.2 Å². The monoisotopic (exact) mass is 205 g/mol. The van der Waals surface area contributed by atoms with E-state index in [1.807, 2.05) is 0 Å². The molecule has 15 heavy (non-hydrogen) atoms. The maximum atomic E-state index is 5.84. The number of nitrogens with one attached hydrogen (secondary N) is 1. The van der Waals surface area contributed by atoms with Crippen molar-refractivity contribution in [3.05, 3.63) is 23.8 Å². The molecule has 0 radical (unpaired) electrons. The van der Waals surface area contributed by atoms with E-state index in [-0.39, 0.29) is 5.41 Å². The van der Waals surface area contributed by atoms with Gasteiger partial charge in [0, 0.05) is 12.1 Å². The molecule has 2 rings (SSSR count). The van der Waals surface area contributed by atoms with Crippen LogP contribution in [0.3, 0.4) is 0 Å². The molecule has 0 aliphatic carbocycles. The summed E-state index contributed by atoms with van der Waals surface area (Å²) in [6.07, 6.45) is 1.07. The summed E-state index contributed by atoms with van der Waals surface area (Å²) in [6.45, 7) is 8.47. The lowest BCUT2D eigenvalue weighted by Crippen LogP contribution is -2.13. The van der Waals surface area contributed by atoms with Crippen molar-refractivity contribution in [2.75, 3.05) is 18.5 Å². The van der Waals surface area contributed by atoms with Gasteiger partial charge in [0.05, 0.1) is 12.3 Å². The molecule has 1 aromatic carbocycles. The molecule has 0 fully saturated rings. The number of ether oxygens (including phenoxy) is 1. The lowest BCUT2D eigenvalue weighted by atomic mass is 9.86. The van der Waals surface area contributed by atoms with E-state index in [0.717, 1.165) is 31.0 Å². The highest BCUT2D eigenvalue weighted by Gasteiger charge is 2.22. The molecule has 1 heterocycles. The van der Waals surface area contributed by atoms with Crippen molar-refractivity contribution >= 4 is 5.69 Å². The molecule has 82 valence electrons. The summed E-state index contributed by atoms with van der Waals surface area (Å²) in [5.41, 5.74) is 2.56. The van der Waals surface area contributed by atoms with Gasteiger partial charge < -0.3 is 10.1 Å². The molecule has 1 N–H and O–H groups in total. The normalized spacial score (nSPS) is 15.9. The third-order valence-corrected chi connectivity index (χ3v) is 2.71. The van der Waals surface area contributed by atoms with Crippen LogP contribution in [0.25, 0.3) is 0 Å². The van der Waals surface area contributed by atoms with Crippen molar-refractivity contribution in [2.45, 2.75) is 32.6 Å². The maximum Gasteiger partial charge on any atom is 0.146 e. The third kappa shape index (κ3) is 2.09. The molecule has 0 saturated heterocycles. The van der Waals surface area contributed by atoms with E-state index in [2.05, 4.69) is 44.3 Å². The molecule has 0 saturated carbocycles. The first-order valence-corrected chi connectivity index (χ1v) is 5.59. The second-order valence-electron chi connectivity index (χ2n) is 5.06. The largest absolute Gasteiger partial charge is 0.491 e. The first-order valence-electron chi connectivity index (χ1n) is 5.59. The van der Waals surface area contributed by atoms with Crippen LogP contribution in [0.5, 0.6) is 5.75 Å². The molecular formula is C13H19NO. The summed E-state index contributed by atoms with van der Waals surface area (Å²) >= 11 is 0. The van der Waals surface area contributed by atoms with Crippen LogP contribution in [-0.4, -0.2) is 13.2 Å². The average Bonchev–Trinajstić information content (AvgIpc) is 2.39. The minimum absolute atomic E-state index is 0.136. The van der Waals surface area contributed by atoms with Crippen molar-refractivity contribution in [3.8, 4) is 5.75 Å². The highest BCUT2D eigenvalue weighted by atomic mass is 16.5. The predicted molar refractivity (Wildman–Crippen MR) is 63.7 cm³/mol. The average molecular weight is 205 g/mol. The molecule has 2 heteroatoms. The molecule has 0 spiro atoms. The minimum atomic E-state index is 0.136. The molecule has 0 amide bonds. The molecule has 0 aromatic heterocycles. The summed E-state index contributed by atoms with van der Waals surface area (Å²) < 4.78 is 5.84. The van der Waals surface area contributed by atoms with E-state index in [0.29, 0.717) is 0 Å². The summed E-state index contributed by atoms with van der Waals surface area (Å²) in [7, 11) is 0. The third-order valence-electron chi connectivity index (χ3n) is 2.71. The van der Waals surface area contributed by atoms with Crippen LogP contribution >= 0.6 is 0 Å². The molecule has 1 aliphatic rings. The molecule has 2 nitrogen and oxygen atoms in total. The van der Waals surface area contributed by atoms with Gasteiger partial charge in [-0.05, 0) is 17.9 Å². The number of anilines is 1. The molecule has 0 bridgehead atoms. The van der Waals surface area contributed by atoms with Crippen LogP contribution in [0, 0.1) is 0 Å². The number of hydrogen-bond donors (Lipinski definition) is 1. The number of rotatable bonds is 0. The highest BCUT2D eigenvalue weighted by molar-refractivity contribution is 5.62. The smallest absolute Gasteiger partial charge is 0.146 e. The fraction of sp³-hybridized carbons (Fsp3) is 0.538. The number of benzene rings is 1. The van der Waals surface area contributed by atoms with E-state index in [1.54, 1.807) is 0 Å². The van der Waals surface area contributed by atoms with Gasteiger partial charge >= 0.3 is 0 Å². The Bertz CT molecular complexity index is 352. The topological polar surface area (TPSA) is 21.3 Å². The van der Waals surface area contributed by atoms with Crippen LogP contribution in [-0.2, 0) is 5.41 Å². The fourth-order valence-corrected chi connectivity index (χ4v) is 1.89. The molecule has 1 aliphatic heterocycles. The zero-order valence-electron chi connectivity index (χ0n) is 9.76. The van der Waals surface area contributed by atoms with E-state index >= 15 is 0 Å². The zero-order chi connectivity index (χ0) is 10.9. The van der Waals surface area contributed by atoms with Crippen molar-refractivity contribution < 1.29 is 4.74 Å². The van der Waals surface area contributed by atoms with Gasteiger partial charge in [-0.1, -0.05) is 32.9 Å². The van der Waals surface area contributed by atoms with Crippen LogP contribution in [0.1, 0.15) is 32.8 Å². The number of para-hydroxylation sites is 1. The fourth-order valence-electron chi connectivity index (χ4n) is 1.89. The molecule has 0 unspecified atom stereocenters. The van der Waals surface area contributed by atoms with Crippen molar-refractivity contribution in [2.24, 2.45) is 0 Å². The van der Waals surface area contributed by atoms with Crippen molar-refractivity contribution in [1.82, 2.24) is 0 Å². The molecular weight excluding hydrogens is 186 g/mol. The Labute approximate surface area is 91.6 Å². The second-order valence-corrected chi connectivity index (χ2v) is 5.06. The Hall–Kier alpha value is -1.18. The van der Waals surface area contributed by atoms with Gasteiger partial charge in [0.2, 0.25) is 0 Å². The van der Waals surface area contributed by atoms with Crippen molar-refractivity contribution in [3.63, 3.8) is 0 Å². The Kier molecular flexibility index (Phi) is 2.59. The molecule has 0 atom stereocenters. The second kappa shape index (κ2) is 3.76. The van der Waals surface area contributed by atoms with Gasteiger partial charge in [-0.25, -0.2) is 0 Å². The van der Waals surface area contributed by atoms with Gasteiger partial charge in [-0.2, -0.15) is 0 Å². The molecule has 1 aromatic rings. The van der Waals surface area contributed by atoms with Gasteiger partial charge in [0.25, 0.3) is 0 Å². The Morgan fingerprint density at radius 1 is 1.27 bits per heavy atom. The van der Waals surface area contributed by atoms with Gasteiger partial charge in [0.1, 0.15) is 5.75 Å². The summed E-state index contributed by atoms with van der Waals surface area (Å²) in [6, 6.07) is 6.35. The van der Waals surface area contributed by atoms with Gasteiger partial charge in [-0.15, -0.1) is 0 Å². The van der Waals surface area contributed by atoms with Gasteiger partial charge in [-0.3, -0.25) is 0 Å². The minimum Gasteiger partial charge on any atom is -0.491 e.